The van der Waals surface area contributed by atoms with Gasteiger partial charge in [0, 0.05) is 16.6 Å². The number of ether oxygens (including phenoxy) is 6. The SMILES string of the molecule is C/C=C(/C)C(=O)O[C@H]1[C@H](OC(=O)/C(C)=C\C)[C@]2(CO)[C@H](O)C[C@]3(C)C(=CC[C@@H]4[C@@]5(C)CC[C@H](O[C@@H]6O[C@H](C(=O)O)[C@@H](O)[C@H](O)[C@H]6O[C@@H]6O[C@H](CO)[C@H](O)[C@H](O)[C@H]6O)C(C)(C)[C@H]5CC[C@]43C)[C@@H]2CC1(C)C. The van der Waals surface area contributed by atoms with Gasteiger partial charge in [-0.25, -0.2) is 14.4 Å². The molecule has 2 saturated heterocycles. The normalized spacial score (nSPS) is 47.9. The minimum absolute atomic E-state index is 0.0166. The van der Waals surface area contributed by atoms with E-state index in [0.717, 1.165) is 18.4 Å². The number of hydrogen-bond donors (Lipinski definition) is 9. The van der Waals surface area contributed by atoms with Gasteiger partial charge in [-0.05, 0) is 112 Å². The summed E-state index contributed by atoms with van der Waals surface area (Å²) in [5, 5.41) is 98.4. The molecule has 4 saturated carbocycles. The lowest BCUT2D eigenvalue weighted by Crippen LogP contribution is -2.72. The molecule has 0 radical (unpaired) electrons. The van der Waals surface area contributed by atoms with Crippen LogP contribution in [0.2, 0.25) is 0 Å². The summed E-state index contributed by atoms with van der Waals surface area (Å²) in [5.74, 6) is -3.10. The van der Waals surface area contributed by atoms with Crippen LogP contribution in [0.1, 0.15) is 121 Å². The highest BCUT2D eigenvalue weighted by molar-refractivity contribution is 5.89. The smallest absolute Gasteiger partial charge is 0.335 e. The molecule has 18 heteroatoms. The highest BCUT2D eigenvalue weighted by atomic mass is 16.8. The van der Waals surface area contributed by atoms with Crippen molar-refractivity contribution < 1.29 is 88.8 Å². The first-order valence-electron chi connectivity index (χ1n) is 25.1. The van der Waals surface area contributed by atoms with Crippen molar-refractivity contribution in [2.75, 3.05) is 13.2 Å². The van der Waals surface area contributed by atoms with Crippen molar-refractivity contribution in [1.29, 1.82) is 0 Å². The lowest BCUT2D eigenvalue weighted by molar-refractivity contribution is -0.374. The van der Waals surface area contributed by atoms with Crippen LogP contribution in [0.5, 0.6) is 0 Å². The minimum Gasteiger partial charge on any atom is -0.479 e. The van der Waals surface area contributed by atoms with Crippen LogP contribution in [0.15, 0.2) is 34.9 Å². The zero-order valence-corrected chi connectivity index (χ0v) is 42.6. The Kier molecular flexibility index (Phi) is 15.3. The Balaban J connectivity index is 1.21. The number of fused-ring (bicyclic) bond motifs is 7. The van der Waals surface area contributed by atoms with Gasteiger partial charge in [0.05, 0.1) is 30.8 Å². The average molecular weight is 993 g/mol. The third-order valence-electron chi connectivity index (χ3n) is 19.5. The molecule has 396 valence electrons. The monoisotopic (exact) mass is 993 g/mol. The zero-order valence-electron chi connectivity index (χ0n) is 42.6. The summed E-state index contributed by atoms with van der Waals surface area (Å²) in [5.41, 5.74) is -2.27. The third-order valence-corrected chi connectivity index (χ3v) is 19.5. The molecule has 0 spiro atoms. The van der Waals surface area contributed by atoms with E-state index in [1.807, 2.05) is 13.8 Å². The molecule has 9 N–H and O–H groups in total. The maximum absolute atomic E-state index is 13.7. The number of allylic oxidation sites excluding steroid dienone is 4. The van der Waals surface area contributed by atoms with Gasteiger partial charge in [-0.3, -0.25) is 0 Å². The number of carboxylic acids is 1. The van der Waals surface area contributed by atoms with Gasteiger partial charge in [-0.15, -0.1) is 0 Å². The van der Waals surface area contributed by atoms with Crippen LogP contribution in [0.4, 0.5) is 0 Å². The van der Waals surface area contributed by atoms with E-state index < -0.39 is 145 Å². The average Bonchev–Trinajstić information content (AvgIpc) is 3.29. The van der Waals surface area contributed by atoms with E-state index in [-0.39, 0.29) is 29.1 Å². The minimum atomic E-state index is -1.99. The van der Waals surface area contributed by atoms with Gasteiger partial charge >= 0.3 is 17.9 Å². The highest BCUT2D eigenvalue weighted by Crippen LogP contribution is 2.76. The number of aliphatic hydroxyl groups is 8. The van der Waals surface area contributed by atoms with Gasteiger partial charge in [0.1, 0.15) is 48.8 Å². The van der Waals surface area contributed by atoms with Crippen molar-refractivity contribution in [1.82, 2.24) is 0 Å². The first kappa shape index (κ1) is 54.9. The van der Waals surface area contributed by atoms with Gasteiger partial charge in [0.25, 0.3) is 0 Å². The number of aliphatic carboxylic acids is 1. The molecule has 21 atom stereocenters. The van der Waals surface area contributed by atoms with Crippen molar-refractivity contribution in [3.8, 4) is 0 Å². The number of rotatable bonds is 11. The second-order valence-corrected chi connectivity index (χ2v) is 23.7. The summed E-state index contributed by atoms with van der Waals surface area (Å²) >= 11 is 0. The molecule has 18 nitrogen and oxygen atoms in total. The van der Waals surface area contributed by atoms with Crippen LogP contribution >= 0.6 is 0 Å². The Hall–Kier alpha value is -2.85. The second kappa shape index (κ2) is 19.4. The zero-order chi connectivity index (χ0) is 52.0. The van der Waals surface area contributed by atoms with Crippen LogP contribution in [0.25, 0.3) is 0 Å². The molecular weight excluding hydrogens is 913 g/mol. The fourth-order valence-corrected chi connectivity index (χ4v) is 14.9. The summed E-state index contributed by atoms with van der Waals surface area (Å²) in [6.45, 7) is 20.5. The van der Waals surface area contributed by atoms with E-state index in [2.05, 4.69) is 40.7 Å². The number of esters is 2. The van der Waals surface area contributed by atoms with E-state index in [1.54, 1.807) is 39.8 Å². The van der Waals surface area contributed by atoms with Gasteiger partial charge < -0.3 is 74.4 Å². The standard InChI is InChI=1S/C52H80O18/c1-12-24(3)43(63)69-40-41(70-44(64)25(4)13-2)52(23-54)27(20-47(40,5)6)26-14-15-30-49(9)18-17-32(48(7,8)29(49)16-19-50(30,10)51(26,11)21-31(52)55)66-46-39(36(59)35(58)38(67-46)42(61)62)68-45-37(60)34(57)33(56)28(22-53)65-45/h12-14,27-41,45-46,53-60H,15-23H2,1-11H3,(H,61,62)/b24-12-,25-13-/t27-,28+,29+,30+,31+,32-,33-,34-,35-,36-,37+,38-,39+,40-,41-,45-,46+,49-,50+,51+,52-/m0/s1. The predicted molar refractivity (Wildman–Crippen MR) is 249 cm³/mol. The molecule has 5 aliphatic carbocycles. The van der Waals surface area contributed by atoms with Gasteiger partial charge in [-0.2, -0.15) is 0 Å². The van der Waals surface area contributed by atoms with Crippen LogP contribution in [0, 0.1) is 50.2 Å². The van der Waals surface area contributed by atoms with Crippen molar-refractivity contribution in [2.24, 2.45) is 50.2 Å². The lowest BCUT2D eigenvalue weighted by Gasteiger charge is -2.72. The maximum atomic E-state index is 13.7. The Bertz CT molecular complexity index is 2080. The van der Waals surface area contributed by atoms with E-state index >= 15 is 0 Å². The summed E-state index contributed by atoms with van der Waals surface area (Å²) in [7, 11) is 0. The summed E-state index contributed by atoms with van der Waals surface area (Å²) < 4.78 is 36.7. The van der Waals surface area contributed by atoms with E-state index in [1.165, 1.54) is 0 Å². The summed E-state index contributed by atoms with van der Waals surface area (Å²) in [6, 6.07) is 0. The van der Waals surface area contributed by atoms with Crippen LogP contribution in [-0.4, -0.2) is 163 Å². The van der Waals surface area contributed by atoms with Crippen LogP contribution < -0.4 is 0 Å². The molecule has 0 bridgehead atoms. The Morgan fingerprint density at radius 1 is 0.729 bits per heavy atom. The number of aliphatic hydroxyl groups excluding tert-OH is 8. The highest BCUT2D eigenvalue weighted by Gasteiger charge is 2.74. The molecule has 7 rings (SSSR count). The Labute approximate surface area is 411 Å². The van der Waals surface area contributed by atoms with Gasteiger partial charge in [0.15, 0.2) is 24.8 Å². The number of carbonyl (C=O) groups is 3. The fraction of sp³-hybridized carbons (Fsp3) is 0.827. The lowest BCUT2D eigenvalue weighted by atomic mass is 9.33. The van der Waals surface area contributed by atoms with Crippen molar-refractivity contribution in [3.63, 3.8) is 0 Å². The Morgan fingerprint density at radius 3 is 1.91 bits per heavy atom. The molecule has 6 fully saturated rings. The molecule has 70 heavy (non-hydrogen) atoms. The Morgan fingerprint density at radius 2 is 1.34 bits per heavy atom. The fourth-order valence-electron chi connectivity index (χ4n) is 14.9. The van der Waals surface area contributed by atoms with Crippen LogP contribution in [-0.2, 0) is 42.8 Å². The van der Waals surface area contributed by atoms with Crippen molar-refractivity contribution >= 4 is 17.9 Å². The van der Waals surface area contributed by atoms with E-state index in [4.69, 9.17) is 28.4 Å². The van der Waals surface area contributed by atoms with E-state index in [0.29, 0.717) is 36.8 Å². The predicted octanol–water partition coefficient (Wildman–Crippen LogP) is 2.83. The first-order chi connectivity index (χ1) is 32.6. The summed E-state index contributed by atoms with van der Waals surface area (Å²) in [6.07, 6.45) is -12.1. The topological polar surface area (TPSA) is 289 Å². The van der Waals surface area contributed by atoms with Crippen molar-refractivity contribution in [2.45, 2.75) is 207 Å². The maximum Gasteiger partial charge on any atom is 0.335 e. The first-order valence-corrected chi connectivity index (χ1v) is 25.1. The molecule has 2 aliphatic heterocycles. The molecule has 0 aromatic rings. The largest absolute Gasteiger partial charge is 0.479 e. The van der Waals surface area contributed by atoms with E-state index in [9.17, 15) is 60.3 Å². The number of hydrogen-bond acceptors (Lipinski definition) is 17. The van der Waals surface area contributed by atoms with Gasteiger partial charge in [-0.1, -0.05) is 72.3 Å². The molecule has 0 aromatic heterocycles. The van der Waals surface area contributed by atoms with Crippen molar-refractivity contribution in [3.05, 3.63) is 34.9 Å². The molecular formula is C52H80O18. The quantitative estimate of drug-likeness (QED) is 0.0623. The molecule has 0 amide bonds. The molecule has 7 aliphatic rings. The third kappa shape index (κ3) is 8.45. The summed E-state index contributed by atoms with van der Waals surface area (Å²) in [4.78, 5) is 39.6. The van der Waals surface area contributed by atoms with Gasteiger partial charge in [0.2, 0.25) is 0 Å². The molecule has 0 aromatic carbocycles. The molecule has 2 heterocycles. The molecule has 0 unspecified atom stereocenters. The number of carbonyl (C=O) groups excluding carboxylic acids is 2. The number of carboxylic acid groups (broad SMARTS) is 1. The van der Waals surface area contributed by atoms with Crippen LogP contribution in [0.3, 0.4) is 0 Å². The second-order valence-electron chi connectivity index (χ2n) is 23.7.